The van der Waals surface area contributed by atoms with Crippen molar-refractivity contribution in [1.29, 1.82) is 4.78 Å². The highest BCUT2D eigenvalue weighted by Crippen LogP contribution is 2.59. The molecule has 6 rings (SSSR count). The van der Waals surface area contributed by atoms with E-state index in [4.69, 9.17) is 4.78 Å². The maximum atomic E-state index is 14.7. The van der Waals surface area contributed by atoms with E-state index < -0.39 is 38.9 Å². The van der Waals surface area contributed by atoms with Crippen LogP contribution in [0.1, 0.15) is 43.9 Å². The fourth-order valence-electron chi connectivity index (χ4n) is 5.04. The smallest absolute Gasteiger partial charge is 0.309 e. The molecule has 40 heavy (non-hydrogen) atoms. The fraction of sp³-hybridized carbons (Fsp3) is 0.407. The first-order valence-electron chi connectivity index (χ1n) is 12.8. The van der Waals surface area contributed by atoms with Crippen LogP contribution in [0.5, 0.6) is 0 Å². The van der Waals surface area contributed by atoms with Crippen molar-refractivity contribution in [3.05, 3.63) is 53.9 Å². The molecule has 210 valence electrons. The number of benzene rings is 1. The molecule has 2 saturated carbocycles. The largest absolute Gasteiger partial charge is 0.398 e. The summed E-state index contributed by atoms with van der Waals surface area (Å²) in [5.41, 5.74) is -0.522. The zero-order valence-electron chi connectivity index (χ0n) is 21.6. The highest BCUT2D eigenvalue weighted by molar-refractivity contribution is 7.92. The minimum atomic E-state index is -4.33. The zero-order valence-corrected chi connectivity index (χ0v) is 22.4. The second-order valence-electron chi connectivity index (χ2n) is 10.5. The number of rotatable bonds is 7. The number of alkyl halides is 5. The molecule has 0 amide bonds. The molecule has 0 radical (unpaired) electrons. The van der Waals surface area contributed by atoms with E-state index >= 15 is 0 Å². The minimum Gasteiger partial charge on any atom is -0.309 e. The molecular formula is C27H25F5N6OS. The van der Waals surface area contributed by atoms with Gasteiger partial charge in [-0.05, 0) is 48.9 Å². The summed E-state index contributed by atoms with van der Waals surface area (Å²) in [4.78, 5) is 9.02. The van der Waals surface area contributed by atoms with E-state index in [-0.39, 0.29) is 51.7 Å². The molecule has 3 aromatic heterocycles. The second kappa shape index (κ2) is 8.76. The van der Waals surface area contributed by atoms with Crippen LogP contribution >= 0.6 is 0 Å². The average Bonchev–Trinajstić information content (AvgIpc) is 3.85. The van der Waals surface area contributed by atoms with Crippen molar-refractivity contribution in [1.82, 2.24) is 24.7 Å². The van der Waals surface area contributed by atoms with E-state index in [0.29, 0.717) is 24.0 Å². The third kappa shape index (κ3) is 4.16. The first-order chi connectivity index (χ1) is 18.8. The van der Waals surface area contributed by atoms with Crippen LogP contribution < -0.4 is 0 Å². The van der Waals surface area contributed by atoms with Crippen molar-refractivity contribution in [2.24, 2.45) is 13.0 Å². The molecule has 4 aromatic rings. The summed E-state index contributed by atoms with van der Waals surface area (Å²) in [5.74, 6) is -3.73. The van der Waals surface area contributed by atoms with Gasteiger partial charge >= 0.3 is 6.18 Å². The molecule has 2 aliphatic carbocycles. The Morgan fingerprint density at radius 1 is 1.05 bits per heavy atom. The molecule has 0 aliphatic heterocycles. The number of pyridine rings is 1. The minimum absolute atomic E-state index is 0.0281. The van der Waals surface area contributed by atoms with Crippen LogP contribution in [0.25, 0.3) is 33.8 Å². The Morgan fingerprint density at radius 3 is 2.30 bits per heavy atom. The summed E-state index contributed by atoms with van der Waals surface area (Å²) in [5, 5.41) is 7.72. The summed E-state index contributed by atoms with van der Waals surface area (Å²) < 4.78 is 93.3. The number of aromatic nitrogens is 5. The number of hydrogen-bond acceptors (Lipinski definition) is 6. The highest BCUT2D eigenvalue weighted by atomic mass is 32.2. The van der Waals surface area contributed by atoms with Gasteiger partial charge in [-0.25, -0.2) is 14.0 Å². The van der Waals surface area contributed by atoms with Gasteiger partial charge in [-0.1, -0.05) is 31.2 Å². The predicted octanol–water partition coefficient (Wildman–Crippen LogP) is 6.61. The quantitative estimate of drug-likeness (QED) is 0.250. The van der Waals surface area contributed by atoms with Gasteiger partial charge in [0.05, 0.1) is 20.0 Å². The highest BCUT2D eigenvalue weighted by Gasteiger charge is 2.64. The number of hydrogen-bond donors (Lipinski definition) is 1. The first kappa shape index (κ1) is 26.7. The maximum absolute atomic E-state index is 14.7. The summed E-state index contributed by atoms with van der Waals surface area (Å²) >= 11 is 0. The lowest BCUT2D eigenvalue weighted by atomic mass is 9.93. The third-order valence-electron chi connectivity index (χ3n) is 7.94. The topological polar surface area (TPSA) is 97.4 Å². The van der Waals surface area contributed by atoms with Crippen molar-refractivity contribution in [2.45, 2.75) is 55.0 Å². The predicted molar refractivity (Wildman–Crippen MR) is 138 cm³/mol. The van der Waals surface area contributed by atoms with Gasteiger partial charge in [0.1, 0.15) is 16.9 Å². The van der Waals surface area contributed by atoms with Gasteiger partial charge in [-0.2, -0.15) is 22.0 Å². The van der Waals surface area contributed by atoms with Gasteiger partial charge in [-0.3, -0.25) is 4.98 Å². The van der Waals surface area contributed by atoms with Crippen molar-refractivity contribution >= 4 is 20.9 Å². The van der Waals surface area contributed by atoms with Crippen molar-refractivity contribution in [3.63, 3.8) is 0 Å². The summed E-state index contributed by atoms with van der Waals surface area (Å²) in [7, 11) is -1.76. The van der Waals surface area contributed by atoms with E-state index in [0.717, 1.165) is 0 Å². The number of nitrogens with zero attached hydrogens (tertiary/aromatic N) is 5. The average molecular weight is 577 g/mol. The van der Waals surface area contributed by atoms with Gasteiger partial charge in [0.15, 0.2) is 11.5 Å². The van der Waals surface area contributed by atoms with E-state index in [2.05, 4.69) is 20.2 Å². The summed E-state index contributed by atoms with van der Waals surface area (Å²) in [6, 6.07) is 8.74. The van der Waals surface area contributed by atoms with Crippen LogP contribution in [0.2, 0.25) is 0 Å². The van der Waals surface area contributed by atoms with Gasteiger partial charge in [0.25, 0.3) is 5.92 Å². The molecule has 3 heterocycles. The number of halogens is 5. The molecule has 13 heteroatoms. The molecule has 2 aliphatic rings. The number of imidazole rings is 1. The Balaban J connectivity index is 1.42. The van der Waals surface area contributed by atoms with E-state index in [9.17, 15) is 26.2 Å². The second-order valence-corrected chi connectivity index (χ2v) is 12.9. The van der Waals surface area contributed by atoms with Crippen molar-refractivity contribution in [3.8, 4) is 22.6 Å². The van der Waals surface area contributed by atoms with E-state index in [1.165, 1.54) is 35.0 Å². The molecule has 2 fully saturated rings. The lowest BCUT2D eigenvalue weighted by Crippen LogP contribution is -2.28. The Kier molecular flexibility index (Phi) is 5.85. The molecule has 1 N–H and O–H groups in total. The standard InChI is InChI=1S/C27H25F5N6OS/c1-3-40(33,39)20-12-16(15-4-6-17(7-5-15)25(10-11-25)27(30,31)32)14-34-22(20)24-35-19-13-21(26(28,29)18-8-9-18)36-37-23(19)38(24)2/h4-7,12-14,18,33H,3,8-11H2,1-2H3. The fourth-order valence-corrected chi connectivity index (χ4v) is 6.12. The molecule has 7 nitrogen and oxygen atoms in total. The van der Waals surface area contributed by atoms with Crippen LogP contribution in [-0.4, -0.2) is 40.9 Å². The third-order valence-corrected chi connectivity index (χ3v) is 9.77. The monoisotopic (exact) mass is 576 g/mol. The Hall–Kier alpha value is -3.48. The van der Waals surface area contributed by atoms with Crippen molar-refractivity contribution in [2.75, 3.05) is 5.75 Å². The van der Waals surface area contributed by atoms with E-state index in [1.807, 2.05) is 0 Å². The Labute approximate surface area is 226 Å². The van der Waals surface area contributed by atoms with Crippen LogP contribution in [0.3, 0.4) is 0 Å². The molecule has 1 unspecified atom stereocenters. The van der Waals surface area contributed by atoms with Crippen molar-refractivity contribution < 1.29 is 26.2 Å². The number of fused-ring (bicyclic) bond motifs is 1. The molecule has 0 spiro atoms. The lowest BCUT2D eigenvalue weighted by Gasteiger charge is -2.20. The van der Waals surface area contributed by atoms with Gasteiger partial charge in [0.2, 0.25) is 0 Å². The van der Waals surface area contributed by atoms with Gasteiger partial charge < -0.3 is 4.57 Å². The Bertz CT molecular complexity index is 1740. The lowest BCUT2D eigenvalue weighted by molar-refractivity contribution is -0.160. The number of nitrogens with one attached hydrogen (secondary N) is 1. The molecule has 0 bridgehead atoms. The van der Waals surface area contributed by atoms with Crippen LogP contribution in [0.4, 0.5) is 22.0 Å². The Morgan fingerprint density at radius 2 is 1.73 bits per heavy atom. The van der Waals surface area contributed by atoms with Gasteiger partial charge in [0, 0.05) is 30.5 Å². The molecule has 1 atom stereocenters. The van der Waals surface area contributed by atoms with Crippen LogP contribution in [-0.2, 0) is 28.1 Å². The van der Waals surface area contributed by atoms with Crippen LogP contribution in [0, 0.1) is 10.7 Å². The summed E-state index contributed by atoms with van der Waals surface area (Å²) in [6.45, 7) is 1.60. The summed E-state index contributed by atoms with van der Waals surface area (Å²) in [6.07, 6.45) is -1.92. The molecule has 0 saturated heterocycles. The number of aryl methyl sites for hydroxylation is 1. The van der Waals surface area contributed by atoms with Crippen LogP contribution in [0.15, 0.2) is 47.5 Å². The molecule has 1 aromatic carbocycles. The normalized spacial score (nSPS) is 18.6. The SMILES string of the molecule is CCS(=N)(=O)c1cc(-c2ccc(C3(C(F)(F)F)CC3)cc2)cnc1-c1nc2cc(C(F)(F)C3CC3)nnc2n1C. The zero-order chi connectivity index (χ0) is 28.7. The van der Waals surface area contributed by atoms with E-state index in [1.54, 1.807) is 26.1 Å². The maximum Gasteiger partial charge on any atom is 0.398 e. The van der Waals surface area contributed by atoms with Gasteiger partial charge in [-0.15, -0.1) is 10.2 Å². The first-order valence-corrected chi connectivity index (χ1v) is 14.5. The molecular weight excluding hydrogens is 551 g/mol.